The van der Waals surface area contributed by atoms with Crippen LogP contribution in [-0.4, -0.2) is 21.5 Å². The molecule has 21 heavy (non-hydrogen) atoms. The molecule has 2 aromatic rings. The molecule has 6 heteroatoms. The van der Waals surface area contributed by atoms with Crippen LogP contribution in [0.3, 0.4) is 0 Å². The molecule has 0 unspecified atom stereocenters. The van der Waals surface area contributed by atoms with Gasteiger partial charge < -0.3 is 11.1 Å². The van der Waals surface area contributed by atoms with Gasteiger partial charge in [0.25, 0.3) is 0 Å². The van der Waals surface area contributed by atoms with Crippen molar-refractivity contribution >= 4 is 23.1 Å². The van der Waals surface area contributed by atoms with Gasteiger partial charge in [0, 0.05) is 29.1 Å². The summed E-state index contributed by atoms with van der Waals surface area (Å²) in [5.41, 5.74) is 8.66. The number of carbonyl (C=O) groups is 1. The van der Waals surface area contributed by atoms with Crippen LogP contribution in [0.25, 0.3) is 11.3 Å². The standard InChI is InChI=1S/C15H18N4OS/c16-13-3-1-2-11(13)8-15(20)17-12-6-4-10(5-7-12)14-9-21-19-18-14/h4-7,9,11,13H,1-3,8,16H2,(H,17,20)/t11-,13+/m0/s1. The number of carbonyl (C=O) groups excluding carboxylic acids is 1. The van der Waals surface area contributed by atoms with Crippen molar-refractivity contribution in [2.24, 2.45) is 11.7 Å². The fourth-order valence-corrected chi connectivity index (χ4v) is 3.25. The summed E-state index contributed by atoms with van der Waals surface area (Å²) in [5, 5.41) is 8.85. The van der Waals surface area contributed by atoms with Crippen molar-refractivity contribution < 1.29 is 4.79 Å². The summed E-state index contributed by atoms with van der Waals surface area (Å²) in [7, 11) is 0. The first-order valence-corrected chi connectivity index (χ1v) is 7.99. The predicted octanol–water partition coefficient (Wildman–Crippen LogP) is 2.66. The highest BCUT2D eigenvalue weighted by Crippen LogP contribution is 2.27. The second kappa shape index (κ2) is 6.32. The second-order valence-electron chi connectivity index (χ2n) is 5.47. The molecule has 1 aromatic heterocycles. The van der Waals surface area contributed by atoms with E-state index in [1.54, 1.807) is 0 Å². The van der Waals surface area contributed by atoms with Crippen molar-refractivity contribution in [3.05, 3.63) is 29.6 Å². The maximum absolute atomic E-state index is 12.0. The Hall–Kier alpha value is -1.79. The van der Waals surface area contributed by atoms with Crippen LogP contribution in [0.5, 0.6) is 0 Å². The number of benzene rings is 1. The Morgan fingerprint density at radius 2 is 2.14 bits per heavy atom. The number of hydrogen-bond donors (Lipinski definition) is 2. The van der Waals surface area contributed by atoms with Crippen molar-refractivity contribution in [3.8, 4) is 11.3 Å². The molecule has 0 bridgehead atoms. The number of nitrogens with zero attached hydrogens (tertiary/aromatic N) is 2. The van der Waals surface area contributed by atoms with Crippen LogP contribution in [0.15, 0.2) is 29.6 Å². The highest BCUT2D eigenvalue weighted by molar-refractivity contribution is 7.03. The molecule has 1 amide bonds. The number of nitrogens with one attached hydrogen (secondary N) is 1. The molecule has 2 atom stereocenters. The van der Waals surface area contributed by atoms with Crippen LogP contribution < -0.4 is 11.1 Å². The average Bonchev–Trinajstić information content (AvgIpc) is 3.12. The maximum atomic E-state index is 12.0. The van der Waals surface area contributed by atoms with E-state index >= 15 is 0 Å². The van der Waals surface area contributed by atoms with Gasteiger partial charge in [-0.05, 0) is 42.4 Å². The first-order valence-electron chi connectivity index (χ1n) is 7.15. The van der Waals surface area contributed by atoms with Crippen molar-refractivity contribution in [3.63, 3.8) is 0 Å². The molecule has 5 nitrogen and oxygen atoms in total. The van der Waals surface area contributed by atoms with E-state index in [1.807, 2.05) is 29.6 Å². The van der Waals surface area contributed by atoms with E-state index in [2.05, 4.69) is 14.9 Å². The zero-order valence-corrected chi connectivity index (χ0v) is 12.5. The lowest BCUT2D eigenvalue weighted by Crippen LogP contribution is -2.28. The molecule has 0 aliphatic heterocycles. The smallest absolute Gasteiger partial charge is 0.224 e. The third kappa shape index (κ3) is 3.46. The summed E-state index contributed by atoms with van der Waals surface area (Å²) in [5.74, 6) is 0.366. The van der Waals surface area contributed by atoms with E-state index in [-0.39, 0.29) is 11.9 Å². The Kier molecular flexibility index (Phi) is 4.26. The number of anilines is 1. The van der Waals surface area contributed by atoms with Gasteiger partial charge in [0.15, 0.2) is 0 Å². The van der Waals surface area contributed by atoms with Crippen molar-refractivity contribution in [1.29, 1.82) is 0 Å². The summed E-state index contributed by atoms with van der Waals surface area (Å²) < 4.78 is 3.84. The fourth-order valence-electron chi connectivity index (χ4n) is 2.78. The van der Waals surface area contributed by atoms with E-state index in [1.165, 1.54) is 11.5 Å². The SMILES string of the molecule is N[C@@H]1CCC[C@H]1CC(=O)Nc1ccc(-c2csnn2)cc1. The largest absolute Gasteiger partial charge is 0.327 e. The molecule has 1 fully saturated rings. The van der Waals surface area contributed by atoms with Gasteiger partial charge in [-0.1, -0.05) is 23.0 Å². The normalized spacial score (nSPS) is 21.4. The molecule has 0 spiro atoms. The molecular weight excluding hydrogens is 284 g/mol. The Bertz CT molecular complexity index is 597. The molecule has 1 aromatic carbocycles. The molecule has 1 heterocycles. The Morgan fingerprint density at radius 3 is 2.76 bits per heavy atom. The average molecular weight is 302 g/mol. The van der Waals surface area contributed by atoms with Crippen LogP contribution in [0.4, 0.5) is 5.69 Å². The second-order valence-corrected chi connectivity index (χ2v) is 6.08. The fraction of sp³-hybridized carbons (Fsp3) is 0.400. The molecule has 1 saturated carbocycles. The van der Waals surface area contributed by atoms with E-state index in [0.29, 0.717) is 12.3 Å². The lowest BCUT2D eigenvalue weighted by molar-refractivity contribution is -0.117. The summed E-state index contributed by atoms with van der Waals surface area (Å²) in [4.78, 5) is 12.0. The Balaban J connectivity index is 1.58. The Labute approximate surface area is 127 Å². The summed E-state index contributed by atoms with van der Waals surface area (Å²) in [6.45, 7) is 0. The minimum Gasteiger partial charge on any atom is -0.327 e. The summed E-state index contributed by atoms with van der Waals surface area (Å²) in [6.07, 6.45) is 3.74. The number of amides is 1. The number of nitrogens with two attached hydrogens (primary N) is 1. The number of aromatic nitrogens is 2. The van der Waals surface area contributed by atoms with Gasteiger partial charge >= 0.3 is 0 Å². The first-order chi connectivity index (χ1) is 10.2. The molecule has 3 rings (SSSR count). The number of rotatable bonds is 4. The molecule has 1 aliphatic carbocycles. The molecule has 1 aliphatic rings. The van der Waals surface area contributed by atoms with E-state index in [4.69, 9.17) is 5.73 Å². The quantitative estimate of drug-likeness (QED) is 0.910. The zero-order chi connectivity index (χ0) is 14.7. The van der Waals surface area contributed by atoms with Crippen LogP contribution in [0, 0.1) is 5.92 Å². The zero-order valence-electron chi connectivity index (χ0n) is 11.7. The van der Waals surface area contributed by atoms with Crippen molar-refractivity contribution in [2.45, 2.75) is 31.7 Å². The monoisotopic (exact) mass is 302 g/mol. The minimum atomic E-state index is 0.0421. The van der Waals surface area contributed by atoms with Crippen molar-refractivity contribution in [2.75, 3.05) is 5.32 Å². The molecule has 3 N–H and O–H groups in total. The molecule has 0 radical (unpaired) electrons. The van der Waals surface area contributed by atoms with Gasteiger partial charge in [-0.2, -0.15) is 0 Å². The van der Waals surface area contributed by atoms with Crippen LogP contribution in [0.1, 0.15) is 25.7 Å². The third-order valence-corrected chi connectivity index (χ3v) is 4.49. The Morgan fingerprint density at radius 1 is 1.33 bits per heavy atom. The van der Waals surface area contributed by atoms with Gasteiger partial charge in [-0.25, -0.2) is 0 Å². The van der Waals surface area contributed by atoms with Crippen LogP contribution in [0.2, 0.25) is 0 Å². The van der Waals surface area contributed by atoms with Gasteiger partial charge in [0.2, 0.25) is 5.91 Å². The van der Waals surface area contributed by atoms with Crippen LogP contribution >= 0.6 is 11.5 Å². The molecular formula is C15H18N4OS. The maximum Gasteiger partial charge on any atom is 0.224 e. The first kappa shape index (κ1) is 14.2. The van der Waals surface area contributed by atoms with Crippen LogP contribution in [-0.2, 0) is 4.79 Å². The third-order valence-electron chi connectivity index (χ3n) is 3.99. The highest BCUT2D eigenvalue weighted by atomic mass is 32.1. The predicted molar refractivity (Wildman–Crippen MR) is 83.9 cm³/mol. The van der Waals surface area contributed by atoms with Gasteiger partial charge in [0.1, 0.15) is 5.69 Å². The summed E-state index contributed by atoms with van der Waals surface area (Å²) >= 11 is 1.32. The minimum absolute atomic E-state index is 0.0421. The van der Waals surface area contributed by atoms with E-state index in [0.717, 1.165) is 36.2 Å². The number of hydrogen-bond acceptors (Lipinski definition) is 5. The van der Waals surface area contributed by atoms with Crippen molar-refractivity contribution in [1.82, 2.24) is 9.59 Å². The molecule has 110 valence electrons. The van der Waals surface area contributed by atoms with E-state index in [9.17, 15) is 4.79 Å². The van der Waals surface area contributed by atoms with E-state index < -0.39 is 0 Å². The van der Waals surface area contributed by atoms with Gasteiger partial charge in [-0.15, -0.1) is 5.10 Å². The lowest BCUT2D eigenvalue weighted by Gasteiger charge is -2.14. The van der Waals surface area contributed by atoms with Gasteiger partial charge in [0.05, 0.1) is 0 Å². The lowest BCUT2D eigenvalue weighted by atomic mass is 10.00. The molecule has 0 saturated heterocycles. The van der Waals surface area contributed by atoms with Gasteiger partial charge in [-0.3, -0.25) is 4.79 Å². The topological polar surface area (TPSA) is 80.9 Å². The summed E-state index contributed by atoms with van der Waals surface area (Å²) in [6, 6.07) is 7.83. The highest BCUT2D eigenvalue weighted by Gasteiger charge is 2.25.